The molecule has 4 rings (SSSR count). The average molecular weight is 454 g/mol. The molecule has 0 spiro atoms. The molecule has 0 aliphatic carbocycles. The lowest BCUT2D eigenvalue weighted by Gasteiger charge is -2.39. The van der Waals surface area contributed by atoms with Crippen molar-refractivity contribution in [3.63, 3.8) is 0 Å². The van der Waals surface area contributed by atoms with Crippen LogP contribution in [0.1, 0.15) is 29.5 Å². The van der Waals surface area contributed by atoms with Crippen molar-refractivity contribution in [3.8, 4) is 5.75 Å². The molecule has 1 fully saturated rings. The number of halogens is 1. The normalized spacial score (nSPS) is 15.3. The zero-order valence-electron chi connectivity index (χ0n) is 18.4. The first kappa shape index (κ1) is 22.4. The van der Waals surface area contributed by atoms with Gasteiger partial charge in [0.05, 0.1) is 25.5 Å². The van der Waals surface area contributed by atoms with E-state index in [9.17, 15) is 4.79 Å². The molecular formula is C25H28ClN3O3. The van der Waals surface area contributed by atoms with Crippen molar-refractivity contribution >= 4 is 17.3 Å². The Morgan fingerprint density at radius 2 is 1.94 bits per heavy atom. The third-order valence-corrected chi connectivity index (χ3v) is 6.52. The maximum absolute atomic E-state index is 12.8. The van der Waals surface area contributed by atoms with Crippen LogP contribution < -0.4 is 15.6 Å². The van der Waals surface area contributed by atoms with Gasteiger partial charge in [0.25, 0.3) is 5.56 Å². The molecule has 3 aromatic rings. The molecule has 7 heteroatoms. The minimum Gasteiger partial charge on any atom is -0.496 e. The Morgan fingerprint density at radius 1 is 1.19 bits per heavy atom. The molecule has 32 heavy (non-hydrogen) atoms. The molecule has 1 saturated heterocycles. The van der Waals surface area contributed by atoms with Gasteiger partial charge in [-0.1, -0.05) is 59.6 Å². The van der Waals surface area contributed by atoms with E-state index in [2.05, 4.69) is 29.5 Å². The van der Waals surface area contributed by atoms with Gasteiger partial charge in [0.15, 0.2) is 0 Å². The van der Waals surface area contributed by atoms with Gasteiger partial charge in [-0.05, 0) is 31.4 Å². The highest BCUT2D eigenvalue weighted by molar-refractivity contribution is 6.32. The predicted molar refractivity (Wildman–Crippen MR) is 127 cm³/mol. The monoisotopic (exact) mass is 453 g/mol. The number of nitrogens with one attached hydrogen (secondary N) is 1. The van der Waals surface area contributed by atoms with Crippen LogP contribution in [0.2, 0.25) is 5.02 Å². The summed E-state index contributed by atoms with van der Waals surface area (Å²) < 4.78 is 12.7. The number of ether oxygens (including phenoxy) is 2. The quantitative estimate of drug-likeness (QED) is 0.573. The van der Waals surface area contributed by atoms with Crippen molar-refractivity contribution in [3.05, 3.63) is 86.8 Å². The third kappa shape index (κ3) is 4.66. The fourth-order valence-corrected chi connectivity index (χ4v) is 4.47. The summed E-state index contributed by atoms with van der Waals surface area (Å²) in [4.78, 5) is 12.8. The largest absolute Gasteiger partial charge is 0.496 e. The average Bonchev–Trinajstić information content (AvgIpc) is 2.83. The Labute approximate surface area is 193 Å². The predicted octanol–water partition coefficient (Wildman–Crippen LogP) is 4.42. The highest BCUT2D eigenvalue weighted by Gasteiger charge is 2.37. The highest BCUT2D eigenvalue weighted by atomic mass is 35.5. The summed E-state index contributed by atoms with van der Waals surface area (Å²) >= 11 is 6.47. The lowest BCUT2D eigenvalue weighted by Crippen LogP contribution is -2.40. The van der Waals surface area contributed by atoms with Gasteiger partial charge in [-0.2, -0.15) is 5.10 Å². The van der Waals surface area contributed by atoms with E-state index in [0.29, 0.717) is 32.0 Å². The van der Waals surface area contributed by atoms with Crippen LogP contribution in [-0.2, 0) is 16.7 Å². The van der Waals surface area contributed by atoms with Gasteiger partial charge < -0.3 is 14.8 Å². The fraction of sp³-hybridized carbons (Fsp3) is 0.360. The van der Waals surface area contributed by atoms with Gasteiger partial charge in [-0.25, -0.2) is 4.68 Å². The number of anilines is 1. The van der Waals surface area contributed by atoms with Gasteiger partial charge in [0, 0.05) is 30.7 Å². The van der Waals surface area contributed by atoms with Crippen LogP contribution in [0.3, 0.4) is 0 Å². The first-order valence-electron chi connectivity index (χ1n) is 10.8. The van der Waals surface area contributed by atoms with Crippen LogP contribution in [0.25, 0.3) is 0 Å². The summed E-state index contributed by atoms with van der Waals surface area (Å²) in [5.41, 5.74) is 3.35. The van der Waals surface area contributed by atoms with E-state index in [-0.39, 0.29) is 16.0 Å². The second kappa shape index (κ2) is 9.76. The Morgan fingerprint density at radius 3 is 2.66 bits per heavy atom. The minimum absolute atomic E-state index is 0.148. The number of benzene rings is 2. The van der Waals surface area contributed by atoms with E-state index >= 15 is 0 Å². The van der Waals surface area contributed by atoms with Crippen molar-refractivity contribution < 1.29 is 9.47 Å². The maximum atomic E-state index is 12.8. The minimum atomic E-state index is -0.310. The second-order valence-corrected chi connectivity index (χ2v) is 8.65. The summed E-state index contributed by atoms with van der Waals surface area (Å²) in [5.74, 6) is 0.863. The zero-order valence-corrected chi connectivity index (χ0v) is 19.2. The van der Waals surface area contributed by atoms with Crippen molar-refractivity contribution in [2.24, 2.45) is 0 Å². The fourth-order valence-electron chi connectivity index (χ4n) is 4.26. The highest BCUT2D eigenvalue weighted by Crippen LogP contribution is 2.40. The van der Waals surface area contributed by atoms with Gasteiger partial charge >= 0.3 is 0 Å². The standard InChI is InChI=1S/C25H28ClN3O3/c1-18-8-9-22(31-2)20(14-18)25(10-12-32-13-11-25)17-27-21-15-28-29(24(30)23(21)26)16-19-6-4-3-5-7-19/h3-9,14-15,27H,10-13,16-17H2,1-2H3. The molecule has 168 valence electrons. The number of hydrogen-bond donors (Lipinski definition) is 1. The summed E-state index contributed by atoms with van der Waals surface area (Å²) in [7, 11) is 1.70. The SMILES string of the molecule is COc1ccc(C)cc1C1(CNc2cnn(Cc3ccccc3)c(=O)c2Cl)CCOCC1. The molecular weight excluding hydrogens is 426 g/mol. The van der Waals surface area contributed by atoms with Crippen LogP contribution in [-0.4, -0.2) is 36.6 Å². The molecule has 1 aliphatic heterocycles. The summed E-state index contributed by atoms with van der Waals surface area (Å²) in [6, 6.07) is 16.0. The summed E-state index contributed by atoms with van der Waals surface area (Å²) in [5, 5.41) is 7.90. The lowest BCUT2D eigenvalue weighted by atomic mass is 9.73. The van der Waals surface area contributed by atoms with Crippen LogP contribution >= 0.6 is 11.6 Å². The van der Waals surface area contributed by atoms with Crippen LogP contribution in [0.4, 0.5) is 5.69 Å². The van der Waals surface area contributed by atoms with E-state index in [0.717, 1.165) is 29.7 Å². The molecule has 0 radical (unpaired) electrons. The van der Waals surface area contributed by atoms with E-state index in [4.69, 9.17) is 21.1 Å². The van der Waals surface area contributed by atoms with Crippen LogP contribution in [0.5, 0.6) is 5.75 Å². The van der Waals surface area contributed by atoms with Gasteiger partial charge in [0.2, 0.25) is 0 Å². The molecule has 2 heterocycles. The molecule has 0 saturated carbocycles. The third-order valence-electron chi connectivity index (χ3n) is 6.15. The van der Waals surface area contributed by atoms with E-state index in [1.54, 1.807) is 13.3 Å². The summed E-state index contributed by atoms with van der Waals surface area (Å²) in [6.45, 7) is 4.39. The molecule has 1 aliphatic rings. The molecule has 0 unspecified atom stereocenters. The zero-order chi connectivity index (χ0) is 22.6. The number of methoxy groups -OCH3 is 1. The Balaban J connectivity index is 1.60. The first-order valence-corrected chi connectivity index (χ1v) is 11.2. The Hall–Kier alpha value is -2.83. The van der Waals surface area contributed by atoms with Gasteiger partial charge in [-0.15, -0.1) is 0 Å². The van der Waals surface area contributed by atoms with E-state index < -0.39 is 0 Å². The maximum Gasteiger partial charge on any atom is 0.287 e. The number of rotatable bonds is 7. The van der Waals surface area contributed by atoms with Crippen molar-refractivity contribution in [2.45, 2.75) is 31.7 Å². The Bertz CT molecular complexity index is 1130. The number of hydrogen-bond acceptors (Lipinski definition) is 5. The van der Waals surface area contributed by atoms with Crippen molar-refractivity contribution in [2.75, 3.05) is 32.2 Å². The molecule has 1 N–H and O–H groups in total. The van der Waals surface area contributed by atoms with Gasteiger partial charge in [0.1, 0.15) is 10.8 Å². The number of aromatic nitrogens is 2. The molecule has 0 bridgehead atoms. The first-order chi connectivity index (χ1) is 15.5. The second-order valence-electron chi connectivity index (χ2n) is 8.27. The molecule has 2 aromatic carbocycles. The Kier molecular flexibility index (Phi) is 6.82. The smallest absolute Gasteiger partial charge is 0.287 e. The lowest BCUT2D eigenvalue weighted by molar-refractivity contribution is 0.0535. The molecule has 1 aromatic heterocycles. The topological polar surface area (TPSA) is 65.4 Å². The van der Waals surface area contributed by atoms with Crippen LogP contribution in [0, 0.1) is 6.92 Å². The number of aryl methyl sites for hydroxylation is 1. The van der Waals surface area contributed by atoms with Crippen LogP contribution in [0.15, 0.2) is 59.5 Å². The van der Waals surface area contributed by atoms with E-state index in [1.165, 1.54) is 10.2 Å². The number of nitrogens with zero attached hydrogens (tertiary/aromatic N) is 2. The van der Waals surface area contributed by atoms with E-state index in [1.807, 2.05) is 36.4 Å². The summed E-state index contributed by atoms with van der Waals surface area (Å²) in [6.07, 6.45) is 3.32. The molecule has 6 nitrogen and oxygen atoms in total. The van der Waals surface area contributed by atoms with Crippen molar-refractivity contribution in [1.82, 2.24) is 9.78 Å². The molecule has 0 atom stereocenters. The molecule has 0 amide bonds. The van der Waals surface area contributed by atoms with Gasteiger partial charge in [-0.3, -0.25) is 4.79 Å². The van der Waals surface area contributed by atoms with Crippen molar-refractivity contribution in [1.29, 1.82) is 0 Å².